The van der Waals surface area contributed by atoms with Gasteiger partial charge in [0.05, 0.1) is 0 Å². The number of hydrogen-bond donors (Lipinski definition) is 0. The van der Waals surface area contributed by atoms with E-state index in [-0.39, 0.29) is 0 Å². The third-order valence-corrected chi connectivity index (χ3v) is 2.66. The fraction of sp³-hybridized carbons (Fsp3) is 0.500. The van der Waals surface area contributed by atoms with Crippen LogP contribution in [0, 0.1) is 0 Å². The number of halogens is 1. The number of unbranched alkanes of at least 4 members (excludes halogenated alkanes) is 2. The second-order valence-electron chi connectivity index (χ2n) is 3.68. The van der Waals surface area contributed by atoms with Crippen molar-refractivity contribution in [3.63, 3.8) is 0 Å². The molecule has 2 nitrogen and oxygen atoms in total. The SMILES string of the molecule is CCCCCC(=O)Cc1cncc(Br)c1. The standard InChI is InChI=1S/C12H16BrNO/c1-2-3-4-5-12(15)7-10-6-11(13)9-14-8-10/h6,8-9H,2-5,7H2,1H3. The Labute approximate surface area is 99.2 Å². The van der Waals surface area contributed by atoms with Crippen molar-refractivity contribution in [2.24, 2.45) is 0 Å². The molecule has 1 heterocycles. The normalized spacial score (nSPS) is 10.3. The first-order valence-corrected chi connectivity index (χ1v) is 6.12. The first-order valence-electron chi connectivity index (χ1n) is 5.33. The molecule has 0 aromatic carbocycles. The summed E-state index contributed by atoms with van der Waals surface area (Å²) in [7, 11) is 0. The van der Waals surface area contributed by atoms with Crippen molar-refractivity contribution in [3.05, 3.63) is 28.5 Å². The highest BCUT2D eigenvalue weighted by Crippen LogP contribution is 2.11. The lowest BCUT2D eigenvalue weighted by molar-refractivity contribution is -0.118. The lowest BCUT2D eigenvalue weighted by Gasteiger charge is -2.01. The van der Waals surface area contributed by atoms with Gasteiger partial charge in [0.15, 0.2) is 0 Å². The van der Waals surface area contributed by atoms with Crippen molar-refractivity contribution in [1.82, 2.24) is 4.98 Å². The van der Waals surface area contributed by atoms with Gasteiger partial charge in [0.1, 0.15) is 5.78 Å². The summed E-state index contributed by atoms with van der Waals surface area (Å²) in [5.41, 5.74) is 0.992. The van der Waals surface area contributed by atoms with E-state index in [4.69, 9.17) is 0 Å². The molecule has 0 aliphatic carbocycles. The number of nitrogens with zero attached hydrogens (tertiary/aromatic N) is 1. The number of aromatic nitrogens is 1. The van der Waals surface area contributed by atoms with Crippen molar-refractivity contribution in [3.8, 4) is 0 Å². The number of ketones is 1. The number of carbonyl (C=O) groups excluding carboxylic acids is 1. The van der Waals surface area contributed by atoms with Gasteiger partial charge in [-0.3, -0.25) is 9.78 Å². The Bertz CT molecular complexity index is 325. The van der Waals surface area contributed by atoms with E-state index in [9.17, 15) is 4.79 Å². The van der Waals surface area contributed by atoms with Crippen molar-refractivity contribution in [1.29, 1.82) is 0 Å². The lowest BCUT2D eigenvalue weighted by Crippen LogP contribution is -2.02. The van der Waals surface area contributed by atoms with Crippen molar-refractivity contribution in [2.75, 3.05) is 0 Å². The molecule has 0 aliphatic heterocycles. The Morgan fingerprint density at radius 1 is 1.40 bits per heavy atom. The number of hydrogen-bond acceptors (Lipinski definition) is 2. The maximum absolute atomic E-state index is 11.6. The largest absolute Gasteiger partial charge is 0.299 e. The Morgan fingerprint density at radius 2 is 2.20 bits per heavy atom. The van der Waals surface area contributed by atoms with Crippen LogP contribution in [-0.2, 0) is 11.2 Å². The topological polar surface area (TPSA) is 30.0 Å². The summed E-state index contributed by atoms with van der Waals surface area (Å²) in [4.78, 5) is 15.6. The summed E-state index contributed by atoms with van der Waals surface area (Å²) in [6, 6.07) is 1.95. The van der Waals surface area contributed by atoms with Gasteiger partial charge in [0, 0.05) is 29.7 Å². The quantitative estimate of drug-likeness (QED) is 0.740. The minimum Gasteiger partial charge on any atom is -0.299 e. The van der Waals surface area contributed by atoms with Crippen LogP contribution in [0.3, 0.4) is 0 Å². The average molecular weight is 270 g/mol. The first-order chi connectivity index (χ1) is 7.22. The summed E-state index contributed by atoms with van der Waals surface area (Å²) in [6.45, 7) is 2.14. The van der Waals surface area contributed by atoms with Crippen LogP contribution >= 0.6 is 15.9 Å². The highest BCUT2D eigenvalue weighted by atomic mass is 79.9. The van der Waals surface area contributed by atoms with Crippen LogP contribution < -0.4 is 0 Å². The average Bonchev–Trinajstić information content (AvgIpc) is 2.18. The van der Waals surface area contributed by atoms with Crippen LogP contribution in [-0.4, -0.2) is 10.8 Å². The first kappa shape index (κ1) is 12.4. The van der Waals surface area contributed by atoms with E-state index in [2.05, 4.69) is 27.8 Å². The van der Waals surface area contributed by atoms with Gasteiger partial charge in [-0.2, -0.15) is 0 Å². The fourth-order valence-electron chi connectivity index (χ4n) is 1.44. The monoisotopic (exact) mass is 269 g/mol. The van der Waals surface area contributed by atoms with E-state index in [0.717, 1.165) is 29.3 Å². The summed E-state index contributed by atoms with van der Waals surface area (Å²) in [5.74, 6) is 0.309. The van der Waals surface area contributed by atoms with E-state index >= 15 is 0 Å². The van der Waals surface area contributed by atoms with E-state index in [0.29, 0.717) is 18.6 Å². The molecule has 1 rings (SSSR count). The number of pyridine rings is 1. The molecule has 0 radical (unpaired) electrons. The van der Waals surface area contributed by atoms with Crippen molar-refractivity contribution in [2.45, 2.75) is 39.0 Å². The molecule has 0 atom stereocenters. The number of rotatable bonds is 6. The van der Waals surface area contributed by atoms with E-state index in [1.807, 2.05) is 6.07 Å². The molecule has 1 aromatic heterocycles. The molecule has 0 saturated heterocycles. The molecular formula is C12H16BrNO. The maximum Gasteiger partial charge on any atom is 0.137 e. The molecule has 1 aromatic rings. The summed E-state index contributed by atoms with van der Waals surface area (Å²) < 4.78 is 0.932. The Balaban J connectivity index is 2.37. The van der Waals surface area contributed by atoms with Gasteiger partial charge in [-0.05, 0) is 34.0 Å². The predicted octanol–water partition coefficient (Wildman–Crippen LogP) is 3.54. The lowest BCUT2D eigenvalue weighted by atomic mass is 10.1. The molecule has 0 N–H and O–H groups in total. The second kappa shape index (κ2) is 6.72. The zero-order chi connectivity index (χ0) is 11.1. The van der Waals surface area contributed by atoms with Crippen LogP contribution in [0.1, 0.15) is 38.2 Å². The number of carbonyl (C=O) groups is 1. The molecular weight excluding hydrogens is 254 g/mol. The van der Waals surface area contributed by atoms with Gasteiger partial charge < -0.3 is 0 Å². The van der Waals surface area contributed by atoms with Gasteiger partial charge in [-0.15, -0.1) is 0 Å². The van der Waals surface area contributed by atoms with Crippen LogP contribution in [0.4, 0.5) is 0 Å². The third-order valence-electron chi connectivity index (χ3n) is 2.22. The Hall–Kier alpha value is -0.700. The smallest absolute Gasteiger partial charge is 0.137 e. The van der Waals surface area contributed by atoms with Gasteiger partial charge in [0.2, 0.25) is 0 Å². The second-order valence-corrected chi connectivity index (χ2v) is 4.60. The van der Waals surface area contributed by atoms with Crippen LogP contribution in [0.2, 0.25) is 0 Å². The minimum absolute atomic E-state index is 0.309. The molecule has 0 bridgehead atoms. The van der Waals surface area contributed by atoms with Gasteiger partial charge in [0.25, 0.3) is 0 Å². The zero-order valence-electron chi connectivity index (χ0n) is 9.00. The van der Waals surface area contributed by atoms with Gasteiger partial charge >= 0.3 is 0 Å². The Kier molecular flexibility index (Phi) is 5.54. The molecule has 3 heteroatoms. The van der Waals surface area contributed by atoms with Crippen LogP contribution in [0.15, 0.2) is 22.9 Å². The van der Waals surface area contributed by atoms with Crippen LogP contribution in [0.5, 0.6) is 0 Å². The maximum atomic E-state index is 11.6. The fourth-order valence-corrected chi connectivity index (χ4v) is 1.85. The Morgan fingerprint density at radius 3 is 2.87 bits per heavy atom. The molecule has 0 fully saturated rings. The summed E-state index contributed by atoms with van der Waals surface area (Å²) >= 11 is 3.34. The zero-order valence-corrected chi connectivity index (χ0v) is 10.6. The van der Waals surface area contributed by atoms with Gasteiger partial charge in [-0.1, -0.05) is 19.8 Å². The van der Waals surface area contributed by atoms with E-state index in [1.54, 1.807) is 12.4 Å². The highest BCUT2D eigenvalue weighted by molar-refractivity contribution is 9.10. The number of Topliss-reactive ketones (excluding diaryl/α,β-unsaturated/α-hetero) is 1. The molecule has 0 aliphatic rings. The van der Waals surface area contributed by atoms with E-state index < -0.39 is 0 Å². The van der Waals surface area contributed by atoms with E-state index in [1.165, 1.54) is 0 Å². The summed E-state index contributed by atoms with van der Waals surface area (Å²) in [5, 5.41) is 0. The minimum atomic E-state index is 0.309. The molecule has 0 amide bonds. The highest BCUT2D eigenvalue weighted by Gasteiger charge is 2.03. The molecule has 0 saturated carbocycles. The molecule has 0 spiro atoms. The molecule has 0 unspecified atom stereocenters. The van der Waals surface area contributed by atoms with Crippen molar-refractivity contribution >= 4 is 21.7 Å². The third kappa shape index (κ3) is 5.07. The van der Waals surface area contributed by atoms with Gasteiger partial charge in [-0.25, -0.2) is 0 Å². The molecule has 15 heavy (non-hydrogen) atoms. The van der Waals surface area contributed by atoms with Crippen molar-refractivity contribution < 1.29 is 4.79 Å². The molecule has 82 valence electrons. The predicted molar refractivity (Wildman–Crippen MR) is 64.8 cm³/mol. The van der Waals surface area contributed by atoms with Crippen LogP contribution in [0.25, 0.3) is 0 Å². The summed E-state index contributed by atoms with van der Waals surface area (Å²) in [6.07, 6.45) is 8.00.